The molecule has 9 heteroatoms. The summed E-state index contributed by atoms with van der Waals surface area (Å²) in [5.74, 6) is 0.648. The van der Waals surface area contributed by atoms with Gasteiger partial charge in [0.25, 0.3) is 5.69 Å². The van der Waals surface area contributed by atoms with Gasteiger partial charge in [-0.2, -0.15) is 0 Å². The lowest BCUT2D eigenvalue weighted by Crippen LogP contribution is -2.38. The van der Waals surface area contributed by atoms with Gasteiger partial charge >= 0.3 is 0 Å². The summed E-state index contributed by atoms with van der Waals surface area (Å²) in [6.45, 7) is 1.24. The fourth-order valence-electron chi connectivity index (χ4n) is 2.66. The predicted octanol–water partition coefficient (Wildman–Crippen LogP) is 2.17. The Morgan fingerprint density at radius 3 is 2.75 bits per heavy atom. The number of morpholine rings is 1. The monoisotopic (exact) mass is 352 g/mol. The summed E-state index contributed by atoms with van der Waals surface area (Å²) >= 11 is 0. The van der Waals surface area contributed by atoms with Crippen LogP contribution in [0.1, 0.15) is 11.9 Å². The average Bonchev–Trinajstić information content (AvgIpc) is 3.08. The molecule has 0 N–H and O–H groups in total. The quantitative estimate of drug-likeness (QED) is 0.613. The number of hydrogen-bond donors (Lipinski definition) is 0. The van der Waals surface area contributed by atoms with Crippen molar-refractivity contribution in [2.75, 3.05) is 30.9 Å². The van der Waals surface area contributed by atoms with E-state index in [-0.39, 0.29) is 16.7 Å². The summed E-state index contributed by atoms with van der Waals surface area (Å²) in [5.41, 5.74) is 0.130. The lowest BCUT2D eigenvalue weighted by Gasteiger charge is -2.33. The summed E-state index contributed by atoms with van der Waals surface area (Å²) in [6, 6.07) is 7.49. The molecule has 0 spiro atoms. The van der Waals surface area contributed by atoms with Gasteiger partial charge in [-0.3, -0.25) is 10.1 Å². The molecule has 1 aliphatic heterocycles. The highest BCUT2D eigenvalue weighted by Gasteiger charge is 2.29. The van der Waals surface area contributed by atoms with Crippen LogP contribution < -0.4 is 4.90 Å². The number of anilines is 1. The van der Waals surface area contributed by atoms with Gasteiger partial charge < -0.3 is 14.1 Å². The van der Waals surface area contributed by atoms with Gasteiger partial charge in [0.15, 0.2) is 9.84 Å². The molecule has 1 unspecified atom stereocenters. The molecular formula is C15H16N2O6S. The minimum absolute atomic E-state index is 0.0752. The summed E-state index contributed by atoms with van der Waals surface area (Å²) in [7, 11) is -3.52. The predicted molar refractivity (Wildman–Crippen MR) is 85.8 cm³/mol. The average molecular weight is 352 g/mol. The number of furan rings is 1. The minimum atomic E-state index is -3.52. The van der Waals surface area contributed by atoms with E-state index in [9.17, 15) is 18.5 Å². The maximum absolute atomic E-state index is 11.6. The highest BCUT2D eigenvalue weighted by Crippen LogP contribution is 2.34. The number of benzene rings is 1. The molecule has 1 saturated heterocycles. The van der Waals surface area contributed by atoms with Crippen molar-refractivity contribution in [3.05, 3.63) is 52.5 Å². The molecule has 1 fully saturated rings. The minimum Gasteiger partial charge on any atom is -0.467 e. The van der Waals surface area contributed by atoms with Gasteiger partial charge in [0.1, 0.15) is 17.6 Å². The molecule has 24 heavy (non-hydrogen) atoms. The molecule has 0 radical (unpaired) electrons. The van der Waals surface area contributed by atoms with Gasteiger partial charge in [-0.15, -0.1) is 0 Å². The molecule has 0 bridgehead atoms. The largest absolute Gasteiger partial charge is 0.467 e. The molecule has 8 nitrogen and oxygen atoms in total. The first-order valence-corrected chi connectivity index (χ1v) is 9.14. The molecule has 3 rings (SSSR count). The third kappa shape index (κ3) is 3.26. The molecular weight excluding hydrogens is 336 g/mol. The fourth-order valence-corrected chi connectivity index (χ4v) is 3.30. The Morgan fingerprint density at radius 1 is 1.33 bits per heavy atom. The third-order valence-electron chi connectivity index (χ3n) is 3.84. The van der Waals surface area contributed by atoms with E-state index < -0.39 is 14.8 Å². The molecule has 1 atom stereocenters. The Hall–Kier alpha value is -2.39. The first kappa shape index (κ1) is 16.5. The second-order valence-electron chi connectivity index (χ2n) is 5.50. The van der Waals surface area contributed by atoms with E-state index in [0.29, 0.717) is 31.1 Å². The van der Waals surface area contributed by atoms with Crippen LogP contribution in [-0.4, -0.2) is 39.3 Å². The molecule has 0 amide bonds. The molecule has 0 aliphatic carbocycles. The molecule has 1 aromatic carbocycles. The van der Waals surface area contributed by atoms with E-state index in [1.165, 1.54) is 12.1 Å². The van der Waals surface area contributed by atoms with Crippen molar-refractivity contribution in [2.24, 2.45) is 0 Å². The lowest BCUT2D eigenvalue weighted by atomic mass is 10.1. The first-order valence-electron chi connectivity index (χ1n) is 7.25. The number of hydrogen-bond acceptors (Lipinski definition) is 7. The molecule has 1 aliphatic rings. The first-order chi connectivity index (χ1) is 11.4. The highest BCUT2D eigenvalue weighted by atomic mass is 32.2. The molecule has 0 saturated carbocycles. The van der Waals surface area contributed by atoms with Gasteiger partial charge in [0, 0.05) is 18.9 Å². The Kier molecular flexibility index (Phi) is 4.29. The molecule has 1 aromatic heterocycles. The normalized spacial score (nSPS) is 18.5. The molecule has 128 valence electrons. The smallest absolute Gasteiger partial charge is 0.293 e. The van der Waals surface area contributed by atoms with Crippen LogP contribution >= 0.6 is 0 Å². The van der Waals surface area contributed by atoms with Crippen LogP contribution in [-0.2, 0) is 14.6 Å². The topological polar surface area (TPSA) is 103 Å². The van der Waals surface area contributed by atoms with Gasteiger partial charge in [0.05, 0.1) is 29.2 Å². The van der Waals surface area contributed by atoms with E-state index >= 15 is 0 Å². The van der Waals surface area contributed by atoms with Gasteiger partial charge in [0.2, 0.25) is 0 Å². The maximum atomic E-state index is 11.6. The van der Waals surface area contributed by atoms with Crippen molar-refractivity contribution < 1.29 is 22.5 Å². The van der Waals surface area contributed by atoms with Crippen LogP contribution in [0.25, 0.3) is 0 Å². The van der Waals surface area contributed by atoms with E-state index in [4.69, 9.17) is 9.15 Å². The van der Waals surface area contributed by atoms with Crippen LogP contribution in [0, 0.1) is 10.1 Å². The summed E-state index contributed by atoms with van der Waals surface area (Å²) in [6.07, 6.45) is 2.23. The number of nitro groups is 1. The van der Waals surface area contributed by atoms with E-state index in [1.54, 1.807) is 23.3 Å². The number of nitro benzene ring substituents is 1. The summed E-state index contributed by atoms with van der Waals surface area (Å²) < 4.78 is 34.3. The van der Waals surface area contributed by atoms with Crippen molar-refractivity contribution >= 4 is 21.2 Å². The molecule has 2 aromatic rings. The Labute approximate surface area is 138 Å². The third-order valence-corrected chi connectivity index (χ3v) is 4.95. The van der Waals surface area contributed by atoms with Crippen molar-refractivity contribution in [2.45, 2.75) is 11.0 Å². The van der Waals surface area contributed by atoms with Crippen molar-refractivity contribution in [1.29, 1.82) is 0 Å². The zero-order valence-corrected chi connectivity index (χ0v) is 13.7. The van der Waals surface area contributed by atoms with Crippen LogP contribution in [0.15, 0.2) is 45.9 Å². The Morgan fingerprint density at radius 2 is 2.12 bits per heavy atom. The fraction of sp³-hybridized carbons (Fsp3) is 0.333. The van der Waals surface area contributed by atoms with Crippen LogP contribution in [0.5, 0.6) is 0 Å². The van der Waals surface area contributed by atoms with Gasteiger partial charge in [-0.25, -0.2) is 8.42 Å². The standard InChI is InChI=1S/C15H16N2O6S/c1-24(20,21)11-4-5-12(13(9-11)17(18)19)16-6-8-23-15(10-16)14-3-2-7-22-14/h2-5,7,9,15H,6,8,10H2,1H3. The van der Waals surface area contributed by atoms with Gasteiger partial charge in [-0.1, -0.05) is 0 Å². The second kappa shape index (κ2) is 6.25. The second-order valence-corrected chi connectivity index (χ2v) is 7.52. The van der Waals surface area contributed by atoms with Crippen LogP contribution in [0.4, 0.5) is 11.4 Å². The van der Waals surface area contributed by atoms with Crippen molar-refractivity contribution in [3.8, 4) is 0 Å². The van der Waals surface area contributed by atoms with Crippen molar-refractivity contribution in [3.63, 3.8) is 0 Å². The van der Waals surface area contributed by atoms with E-state index in [2.05, 4.69) is 0 Å². The van der Waals surface area contributed by atoms with Gasteiger partial charge in [-0.05, 0) is 24.3 Å². The van der Waals surface area contributed by atoms with E-state index in [0.717, 1.165) is 12.3 Å². The Bertz CT molecular complexity index is 847. The number of nitrogens with zero attached hydrogens (tertiary/aromatic N) is 2. The Balaban J connectivity index is 1.94. The number of sulfone groups is 1. The SMILES string of the molecule is CS(=O)(=O)c1ccc(N2CCOC(c3ccco3)C2)c([N+](=O)[O-])c1. The number of rotatable bonds is 4. The highest BCUT2D eigenvalue weighted by molar-refractivity contribution is 7.90. The lowest BCUT2D eigenvalue weighted by molar-refractivity contribution is -0.384. The number of ether oxygens (including phenoxy) is 1. The molecule has 2 heterocycles. The zero-order valence-electron chi connectivity index (χ0n) is 12.9. The zero-order chi connectivity index (χ0) is 17.3. The summed E-state index contributed by atoms with van der Waals surface area (Å²) in [4.78, 5) is 12.6. The van der Waals surface area contributed by atoms with Crippen LogP contribution in [0.3, 0.4) is 0 Å². The van der Waals surface area contributed by atoms with E-state index in [1.807, 2.05) is 0 Å². The maximum Gasteiger partial charge on any atom is 0.293 e. The summed E-state index contributed by atoms with van der Waals surface area (Å²) in [5, 5.41) is 11.4. The van der Waals surface area contributed by atoms with Crippen LogP contribution in [0.2, 0.25) is 0 Å². The van der Waals surface area contributed by atoms with Crippen molar-refractivity contribution in [1.82, 2.24) is 0 Å².